The first-order valence-electron chi connectivity index (χ1n) is 8.55. The summed E-state index contributed by atoms with van der Waals surface area (Å²) in [7, 11) is 0. The van der Waals surface area contributed by atoms with Crippen LogP contribution in [0.15, 0.2) is 42.3 Å². The van der Waals surface area contributed by atoms with Gasteiger partial charge in [-0.05, 0) is 49.5 Å². The van der Waals surface area contributed by atoms with Crippen LogP contribution in [-0.4, -0.2) is 38.4 Å². The largest absolute Gasteiger partial charge is 0.349 e. The monoisotopic (exact) mass is 390 g/mol. The molecule has 1 N–H and O–H groups in total. The quantitative estimate of drug-likeness (QED) is 0.702. The smallest absolute Gasteiger partial charge is 0.276 e. The molecule has 0 bridgehead atoms. The van der Waals surface area contributed by atoms with Crippen molar-refractivity contribution in [2.45, 2.75) is 38.8 Å². The van der Waals surface area contributed by atoms with E-state index < -0.39 is 23.3 Å². The van der Waals surface area contributed by atoms with Crippen LogP contribution in [0.1, 0.15) is 49.3 Å². The SMILES string of the molecule is C=CCN(C(=O)c1csnn1)C(C(=O)NC(C)(C)CC)c1ccc(F)cc1. The highest BCUT2D eigenvalue weighted by atomic mass is 32.1. The third-order valence-corrected chi connectivity index (χ3v) is 4.76. The van der Waals surface area contributed by atoms with Crippen molar-refractivity contribution in [2.24, 2.45) is 0 Å². The van der Waals surface area contributed by atoms with Gasteiger partial charge in [0, 0.05) is 17.5 Å². The zero-order valence-corrected chi connectivity index (χ0v) is 16.4. The van der Waals surface area contributed by atoms with Crippen LogP contribution in [-0.2, 0) is 4.79 Å². The van der Waals surface area contributed by atoms with Crippen molar-refractivity contribution >= 4 is 23.3 Å². The van der Waals surface area contributed by atoms with Gasteiger partial charge in [0.25, 0.3) is 5.91 Å². The summed E-state index contributed by atoms with van der Waals surface area (Å²) >= 11 is 1.05. The van der Waals surface area contributed by atoms with Gasteiger partial charge < -0.3 is 10.2 Å². The third-order valence-electron chi connectivity index (χ3n) is 4.26. The average Bonchev–Trinajstić information content (AvgIpc) is 3.16. The Bertz CT molecular complexity index is 791. The lowest BCUT2D eigenvalue weighted by Gasteiger charge is -2.33. The van der Waals surface area contributed by atoms with Crippen molar-refractivity contribution < 1.29 is 14.0 Å². The maximum Gasteiger partial charge on any atom is 0.276 e. The van der Waals surface area contributed by atoms with Gasteiger partial charge in [-0.15, -0.1) is 11.7 Å². The highest BCUT2D eigenvalue weighted by Gasteiger charge is 2.34. The molecular weight excluding hydrogens is 367 g/mol. The Morgan fingerprint density at radius 2 is 2.04 bits per heavy atom. The summed E-state index contributed by atoms with van der Waals surface area (Å²) in [5, 5.41) is 8.30. The highest BCUT2D eigenvalue weighted by molar-refractivity contribution is 7.03. The van der Waals surface area contributed by atoms with Gasteiger partial charge in [-0.25, -0.2) is 4.39 Å². The van der Waals surface area contributed by atoms with E-state index in [1.807, 2.05) is 20.8 Å². The predicted octanol–water partition coefficient (Wildman–Crippen LogP) is 3.35. The summed E-state index contributed by atoms with van der Waals surface area (Å²) < 4.78 is 17.1. The van der Waals surface area contributed by atoms with E-state index in [4.69, 9.17) is 0 Å². The van der Waals surface area contributed by atoms with Crippen molar-refractivity contribution in [1.82, 2.24) is 19.8 Å². The number of carbonyl (C=O) groups excluding carboxylic acids is 2. The van der Waals surface area contributed by atoms with Gasteiger partial charge >= 0.3 is 0 Å². The molecule has 0 aliphatic heterocycles. The summed E-state index contributed by atoms with van der Waals surface area (Å²) in [6.45, 7) is 9.57. The summed E-state index contributed by atoms with van der Waals surface area (Å²) in [5.74, 6) is -1.22. The van der Waals surface area contributed by atoms with Gasteiger partial charge in [0.05, 0.1) is 0 Å². The average molecular weight is 390 g/mol. The van der Waals surface area contributed by atoms with Crippen LogP contribution in [0.3, 0.4) is 0 Å². The van der Waals surface area contributed by atoms with Crippen LogP contribution in [0.4, 0.5) is 4.39 Å². The first-order chi connectivity index (χ1) is 12.8. The maximum atomic E-state index is 13.4. The van der Waals surface area contributed by atoms with Crippen LogP contribution in [0, 0.1) is 5.82 Å². The number of halogens is 1. The van der Waals surface area contributed by atoms with Crippen molar-refractivity contribution in [3.8, 4) is 0 Å². The lowest BCUT2D eigenvalue weighted by molar-refractivity contribution is -0.127. The second-order valence-corrected chi connectivity index (χ2v) is 7.33. The fraction of sp³-hybridized carbons (Fsp3) is 0.368. The van der Waals surface area contributed by atoms with Gasteiger partial charge in [-0.2, -0.15) is 0 Å². The minimum absolute atomic E-state index is 0.123. The number of rotatable bonds is 8. The number of benzene rings is 1. The molecule has 27 heavy (non-hydrogen) atoms. The normalized spacial score (nSPS) is 12.3. The molecule has 2 aromatic rings. The number of hydrogen-bond donors (Lipinski definition) is 1. The fourth-order valence-corrected chi connectivity index (χ4v) is 2.89. The number of hydrogen-bond acceptors (Lipinski definition) is 5. The number of aromatic nitrogens is 2. The lowest BCUT2D eigenvalue weighted by Crippen LogP contribution is -2.50. The minimum Gasteiger partial charge on any atom is -0.349 e. The Kier molecular flexibility index (Phi) is 6.79. The second kappa shape index (κ2) is 8.85. The molecule has 0 radical (unpaired) electrons. The fourth-order valence-electron chi connectivity index (χ4n) is 2.46. The molecule has 0 fully saturated rings. The standard InChI is InChI=1S/C19H23FN4O2S/c1-5-11-24(18(26)15-12-27-23-22-15)16(13-7-9-14(20)10-8-13)17(25)21-19(3,4)6-2/h5,7-10,12,16H,1,6,11H2,2-4H3,(H,21,25). The minimum atomic E-state index is -0.955. The number of nitrogens with zero attached hydrogens (tertiary/aromatic N) is 3. The van der Waals surface area contributed by atoms with E-state index in [0.29, 0.717) is 12.0 Å². The summed E-state index contributed by atoms with van der Waals surface area (Å²) in [6, 6.07) is 4.58. The molecular formula is C19H23FN4O2S. The zero-order valence-electron chi connectivity index (χ0n) is 15.6. The van der Waals surface area contributed by atoms with Gasteiger partial charge in [0.15, 0.2) is 5.69 Å². The summed E-state index contributed by atoms with van der Waals surface area (Å²) in [4.78, 5) is 27.4. The number of nitrogens with one attached hydrogen (secondary N) is 1. The Hall–Kier alpha value is -2.61. The Labute approximate surface area is 162 Å². The van der Waals surface area contributed by atoms with E-state index in [-0.39, 0.29) is 18.1 Å². The van der Waals surface area contributed by atoms with E-state index in [9.17, 15) is 14.0 Å². The van der Waals surface area contributed by atoms with E-state index >= 15 is 0 Å². The molecule has 8 heteroatoms. The summed E-state index contributed by atoms with van der Waals surface area (Å²) in [5.41, 5.74) is 0.191. The first-order valence-corrected chi connectivity index (χ1v) is 9.39. The van der Waals surface area contributed by atoms with Crippen LogP contribution >= 0.6 is 11.5 Å². The molecule has 2 rings (SSSR count). The van der Waals surface area contributed by atoms with Crippen molar-refractivity contribution in [3.63, 3.8) is 0 Å². The molecule has 144 valence electrons. The molecule has 1 unspecified atom stereocenters. The molecule has 0 aliphatic carbocycles. The molecule has 1 heterocycles. The molecule has 1 aromatic heterocycles. The summed E-state index contributed by atoms with van der Waals surface area (Å²) in [6.07, 6.45) is 2.24. The van der Waals surface area contributed by atoms with Crippen molar-refractivity contribution in [1.29, 1.82) is 0 Å². The zero-order chi connectivity index (χ0) is 20.0. The van der Waals surface area contributed by atoms with E-state index in [1.54, 1.807) is 0 Å². The third kappa shape index (κ3) is 5.19. The molecule has 0 saturated carbocycles. The second-order valence-electron chi connectivity index (χ2n) is 6.72. The predicted molar refractivity (Wildman–Crippen MR) is 103 cm³/mol. The van der Waals surface area contributed by atoms with E-state index in [1.165, 1.54) is 40.6 Å². The van der Waals surface area contributed by atoms with E-state index in [2.05, 4.69) is 21.5 Å². The van der Waals surface area contributed by atoms with Crippen LogP contribution in [0.2, 0.25) is 0 Å². The van der Waals surface area contributed by atoms with Crippen molar-refractivity contribution in [2.75, 3.05) is 6.54 Å². The van der Waals surface area contributed by atoms with Crippen LogP contribution < -0.4 is 5.32 Å². The molecule has 1 aromatic carbocycles. The Morgan fingerprint density at radius 1 is 1.37 bits per heavy atom. The Morgan fingerprint density at radius 3 is 2.56 bits per heavy atom. The first kappa shape index (κ1) is 20.7. The molecule has 1 atom stereocenters. The topological polar surface area (TPSA) is 75.2 Å². The van der Waals surface area contributed by atoms with Gasteiger partial charge in [-0.3, -0.25) is 9.59 Å². The van der Waals surface area contributed by atoms with Gasteiger partial charge in [0.1, 0.15) is 11.9 Å². The lowest BCUT2D eigenvalue weighted by atomic mass is 9.98. The number of amides is 2. The van der Waals surface area contributed by atoms with Crippen LogP contribution in [0.5, 0.6) is 0 Å². The van der Waals surface area contributed by atoms with Crippen molar-refractivity contribution in [3.05, 3.63) is 59.4 Å². The molecule has 6 nitrogen and oxygen atoms in total. The van der Waals surface area contributed by atoms with Gasteiger partial charge in [0.2, 0.25) is 5.91 Å². The molecule has 0 saturated heterocycles. The number of carbonyl (C=O) groups is 2. The Balaban J connectivity index is 2.47. The highest BCUT2D eigenvalue weighted by Crippen LogP contribution is 2.25. The maximum absolute atomic E-state index is 13.4. The van der Waals surface area contributed by atoms with Crippen LogP contribution in [0.25, 0.3) is 0 Å². The molecule has 0 spiro atoms. The molecule has 0 aliphatic rings. The van der Waals surface area contributed by atoms with Gasteiger partial charge in [-0.1, -0.05) is 29.6 Å². The molecule has 2 amide bonds. The van der Waals surface area contributed by atoms with E-state index in [0.717, 1.165) is 11.5 Å².